The van der Waals surface area contributed by atoms with E-state index in [0.29, 0.717) is 5.69 Å². The molecule has 0 bridgehead atoms. The van der Waals surface area contributed by atoms with Crippen LogP contribution in [0, 0.1) is 17.5 Å². The third-order valence-electron chi connectivity index (χ3n) is 3.70. The number of benzene rings is 1. The average molecular weight is 374 g/mol. The van der Waals surface area contributed by atoms with Gasteiger partial charge in [0.2, 0.25) is 18.0 Å². The van der Waals surface area contributed by atoms with Gasteiger partial charge in [0.15, 0.2) is 5.82 Å². The van der Waals surface area contributed by atoms with E-state index in [9.17, 15) is 18.0 Å². The highest BCUT2D eigenvalue weighted by Gasteiger charge is 2.18. The van der Waals surface area contributed by atoms with Crippen LogP contribution in [0.15, 0.2) is 46.2 Å². The van der Waals surface area contributed by atoms with E-state index >= 15 is 0 Å². The maximum atomic E-state index is 14.0. The van der Waals surface area contributed by atoms with Crippen molar-refractivity contribution in [2.45, 2.75) is 6.54 Å². The van der Waals surface area contributed by atoms with Gasteiger partial charge < -0.3 is 9.51 Å². The smallest absolute Gasteiger partial charge is 0.287 e. The maximum Gasteiger partial charge on any atom is 0.287 e. The molecule has 0 aliphatic carbocycles. The Morgan fingerprint density at radius 2 is 1.96 bits per heavy atom. The van der Waals surface area contributed by atoms with Crippen molar-refractivity contribution >= 4 is 0 Å². The SMILES string of the molecule is O=c1[nH]c(-c2cc(-c3ncon3)n(Cc3cc(F)ccc3F)n2)ncc1F. The van der Waals surface area contributed by atoms with E-state index in [4.69, 9.17) is 4.52 Å². The van der Waals surface area contributed by atoms with Gasteiger partial charge in [0.1, 0.15) is 23.0 Å². The van der Waals surface area contributed by atoms with Crippen LogP contribution in [0.5, 0.6) is 0 Å². The van der Waals surface area contributed by atoms with Crippen LogP contribution in [0.1, 0.15) is 5.56 Å². The molecule has 0 amide bonds. The van der Waals surface area contributed by atoms with E-state index in [-0.39, 0.29) is 29.5 Å². The van der Waals surface area contributed by atoms with Crippen molar-refractivity contribution in [1.82, 2.24) is 29.9 Å². The molecule has 0 spiro atoms. The monoisotopic (exact) mass is 374 g/mol. The Morgan fingerprint density at radius 3 is 2.70 bits per heavy atom. The van der Waals surface area contributed by atoms with Crippen LogP contribution in [0.3, 0.4) is 0 Å². The molecular weight excluding hydrogens is 365 g/mol. The van der Waals surface area contributed by atoms with Gasteiger partial charge >= 0.3 is 0 Å². The molecule has 0 atom stereocenters. The molecule has 0 fully saturated rings. The molecule has 0 aliphatic heterocycles. The number of hydrogen-bond acceptors (Lipinski definition) is 6. The molecule has 11 heteroatoms. The fourth-order valence-electron chi connectivity index (χ4n) is 2.45. The molecule has 8 nitrogen and oxygen atoms in total. The molecule has 3 aromatic heterocycles. The molecule has 4 aromatic rings. The van der Waals surface area contributed by atoms with E-state index in [0.717, 1.165) is 30.8 Å². The summed E-state index contributed by atoms with van der Waals surface area (Å²) in [5.74, 6) is -2.15. The van der Waals surface area contributed by atoms with Gasteiger partial charge in [-0.15, -0.1) is 0 Å². The highest BCUT2D eigenvalue weighted by Crippen LogP contribution is 2.23. The van der Waals surface area contributed by atoms with Crippen molar-refractivity contribution in [2.24, 2.45) is 0 Å². The third-order valence-corrected chi connectivity index (χ3v) is 3.70. The second-order valence-electron chi connectivity index (χ2n) is 5.47. The van der Waals surface area contributed by atoms with Crippen molar-refractivity contribution in [3.63, 3.8) is 0 Å². The summed E-state index contributed by atoms with van der Waals surface area (Å²) in [7, 11) is 0. The summed E-state index contributed by atoms with van der Waals surface area (Å²) in [6.45, 7) is -0.154. The van der Waals surface area contributed by atoms with Gasteiger partial charge in [0, 0.05) is 5.56 Å². The Hall–Kier alpha value is -3.76. The van der Waals surface area contributed by atoms with Crippen molar-refractivity contribution in [3.8, 4) is 23.0 Å². The molecule has 4 rings (SSSR count). The Labute approximate surface area is 148 Å². The first-order valence-corrected chi connectivity index (χ1v) is 7.55. The van der Waals surface area contributed by atoms with Gasteiger partial charge in [-0.3, -0.25) is 9.48 Å². The first-order chi connectivity index (χ1) is 13.0. The summed E-state index contributed by atoms with van der Waals surface area (Å²) < 4.78 is 46.6. The lowest BCUT2D eigenvalue weighted by molar-refractivity contribution is 0.418. The Kier molecular flexibility index (Phi) is 4.03. The second-order valence-corrected chi connectivity index (χ2v) is 5.47. The first-order valence-electron chi connectivity index (χ1n) is 7.55. The lowest BCUT2D eigenvalue weighted by atomic mass is 10.2. The molecule has 136 valence electrons. The highest BCUT2D eigenvalue weighted by atomic mass is 19.1. The van der Waals surface area contributed by atoms with Crippen molar-refractivity contribution in [2.75, 3.05) is 0 Å². The zero-order valence-corrected chi connectivity index (χ0v) is 13.4. The Bertz CT molecular complexity index is 1170. The van der Waals surface area contributed by atoms with Crippen LogP contribution < -0.4 is 5.56 Å². The normalized spacial score (nSPS) is 11.1. The zero-order chi connectivity index (χ0) is 19.0. The van der Waals surface area contributed by atoms with Crippen molar-refractivity contribution < 1.29 is 17.7 Å². The van der Waals surface area contributed by atoms with Crippen LogP contribution >= 0.6 is 0 Å². The maximum absolute atomic E-state index is 14.0. The number of H-pyrrole nitrogens is 1. The Balaban J connectivity index is 1.82. The number of halogens is 3. The molecule has 0 unspecified atom stereocenters. The fourth-order valence-corrected chi connectivity index (χ4v) is 2.45. The summed E-state index contributed by atoms with van der Waals surface area (Å²) in [4.78, 5) is 21.4. The van der Waals surface area contributed by atoms with Crippen LogP contribution in [-0.4, -0.2) is 29.9 Å². The average Bonchev–Trinajstić information content (AvgIpc) is 3.30. The van der Waals surface area contributed by atoms with E-state index in [1.165, 1.54) is 10.7 Å². The summed E-state index contributed by atoms with van der Waals surface area (Å²) in [6.07, 6.45) is 1.85. The van der Waals surface area contributed by atoms with E-state index in [1.54, 1.807) is 0 Å². The predicted octanol–water partition coefficient (Wildman–Crippen LogP) is 2.15. The largest absolute Gasteiger partial charge is 0.342 e. The Morgan fingerprint density at radius 1 is 1.11 bits per heavy atom. The van der Waals surface area contributed by atoms with Crippen molar-refractivity contribution in [3.05, 3.63) is 70.2 Å². The van der Waals surface area contributed by atoms with Crippen LogP contribution in [0.25, 0.3) is 23.0 Å². The minimum absolute atomic E-state index is 0.00962. The van der Waals surface area contributed by atoms with E-state index in [1.807, 2.05) is 0 Å². The molecule has 1 N–H and O–H groups in total. The summed E-state index contributed by atoms with van der Waals surface area (Å²) in [5, 5.41) is 7.92. The zero-order valence-electron chi connectivity index (χ0n) is 13.4. The molecule has 1 aromatic carbocycles. The first kappa shape index (κ1) is 16.7. The van der Waals surface area contributed by atoms with Crippen LogP contribution in [-0.2, 0) is 6.54 Å². The summed E-state index contributed by atoms with van der Waals surface area (Å²) >= 11 is 0. The van der Waals surface area contributed by atoms with Crippen molar-refractivity contribution in [1.29, 1.82) is 0 Å². The second kappa shape index (κ2) is 6.52. The summed E-state index contributed by atoms with van der Waals surface area (Å²) in [6, 6.07) is 4.50. The number of nitrogens with zero attached hydrogens (tertiary/aromatic N) is 5. The van der Waals surface area contributed by atoms with Crippen LogP contribution in [0.4, 0.5) is 13.2 Å². The lowest BCUT2D eigenvalue weighted by Gasteiger charge is -2.06. The third kappa shape index (κ3) is 3.21. The molecular formula is C16H9F3N6O2. The number of nitrogens with one attached hydrogen (secondary N) is 1. The predicted molar refractivity (Wildman–Crippen MR) is 84.8 cm³/mol. The molecule has 0 saturated heterocycles. The lowest BCUT2D eigenvalue weighted by Crippen LogP contribution is -2.12. The van der Waals surface area contributed by atoms with E-state index < -0.39 is 23.0 Å². The standard InChI is InChI=1S/C16H9F3N6O2/c17-9-1-2-10(18)8(3-9)6-25-13(15-21-7-27-24-15)4-12(23-25)14-20-5-11(19)16(26)22-14/h1-5,7H,6H2,(H,20,22,26). The van der Waals surface area contributed by atoms with Gasteiger partial charge in [-0.2, -0.15) is 14.5 Å². The van der Waals surface area contributed by atoms with E-state index in [2.05, 4.69) is 25.2 Å². The van der Waals surface area contributed by atoms with Gasteiger partial charge in [0.25, 0.3) is 5.56 Å². The molecule has 0 radical (unpaired) electrons. The quantitative estimate of drug-likeness (QED) is 0.587. The molecule has 3 heterocycles. The van der Waals surface area contributed by atoms with Gasteiger partial charge in [-0.25, -0.2) is 13.8 Å². The topological polar surface area (TPSA) is 102 Å². The van der Waals surface area contributed by atoms with Gasteiger partial charge in [-0.1, -0.05) is 5.16 Å². The fraction of sp³-hybridized carbons (Fsp3) is 0.0625. The number of rotatable bonds is 4. The summed E-state index contributed by atoms with van der Waals surface area (Å²) in [5.41, 5.74) is -0.472. The molecule has 0 aliphatic rings. The molecule has 27 heavy (non-hydrogen) atoms. The highest BCUT2D eigenvalue weighted by molar-refractivity contribution is 5.60. The minimum Gasteiger partial charge on any atom is -0.342 e. The number of aromatic amines is 1. The van der Waals surface area contributed by atoms with Gasteiger partial charge in [-0.05, 0) is 24.3 Å². The van der Waals surface area contributed by atoms with Gasteiger partial charge in [0.05, 0.1) is 12.7 Å². The number of aromatic nitrogens is 6. The molecule has 0 saturated carbocycles. The number of hydrogen-bond donors (Lipinski definition) is 1. The minimum atomic E-state index is -1.04. The van der Waals surface area contributed by atoms with Crippen LogP contribution in [0.2, 0.25) is 0 Å².